The first-order valence-electron chi connectivity index (χ1n) is 9.45. The van der Waals surface area contributed by atoms with Crippen LogP contribution in [0.15, 0.2) is 45.8 Å². The first kappa shape index (κ1) is 20.1. The summed E-state index contributed by atoms with van der Waals surface area (Å²) >= 11 is 1.55. The zero-order chi connectivity index (χ0) is 20.1. The standard InChI is InChI=1S/C21H26N4O2S/c1-5-6-7-15(4)24-25-18(13-28-21(25)22-11-14(2)3)16-8-9-19-17(10-16)23-20(26)12-27-19/h8-10,13H,2,5-7,11-12H2,1,3-4H3,(H,23,26). The van der Waals surface area contributed by atoms with Gasteiger partial charge < -0.3 is 10.1 Å². The smallest absolute Gasteiger partial charge is 0.262 e. The van der Waals surface area contributed by atoms with E-state index in [1.807, 2.05) is 42.1 Å². The SMILES string of the molecule is C=C(C)CN=c1scc(-c2ccc3c(c2)NC(=O)CO3)n1N=C(C)CCCC. The fourth-order valence-electron chi connectivity index (χ4n) is 2.80. The molecule has 1 amide bonds. The maximum atomic E-state index is 11.7. The number of rotatable bonds is 7. The second kappa shape index (κ2) is 9.01. The summed E-state index contributed by atoms with van der Waals surface area (Å²) in [4.78, 5) is 17.1. The molecule has 1 aliphatic heterocycles. The Balaban J connectivity index is 2.05. The number of hydrogen-bond donors (Lipinski definition) is 1. The van der Waals surface area contributed by atoms with E-state index in [0.717, 1.165) is 46.6 Å². The molecule has 1 aromatic carbocycles. The second-order valence-corrected chi connectivity index (χ2v) is 7.81. The number of aromatic nitrogens is 1. The summed E-state index contributed by atoms with van der Waals surface area (Å²) in [6.07, 6.45) is 3.19. The Labute approximate surface area is 169 Å². The lowest BCUT2D eigenvalue weighted by atomic mass is 10.1. The van der Waals surface area contributed by atoms with Crippen molar-refractivity contribution >= 4 is 28.6 Å². The van der Waals surface area contributed by atoms with Crippen LogP contribution in [0.4, 0.5) is 5.69 Å². The van der Waals surface area contributed by atoms with Crippen LogP contribution < -0.4 is 14.9 Å². The van der Waals surface area contributed by atoms with Gasteiger partial charge in [-0.3, -0.25) is 9.79 Å². The van der Waals surface area contributed by atoms with Gasteiger partial charge in [-0.05, 0) is 44.9 Å². The van der Waals surface area contributed by atoms with Crippen LogP contribution in [0.25, 0.3) is 11.3 Å². The van der Waals surface area contributed by atoms with Crippen molar-refractivity contribution in [2.24, 2.45) is 10.1 Å². The molecule has 1 aromatic heterocycles. The molecule has 0 bridgehead atoms. The van der Waals surface area contributed by atoms with E-state index < -0.39 is 0 Å². The maximum absolute atomic E-state index is 11.7. The van der Waals surface area contributed by atoms with E-state index in [1.54, 1.807) is 11.3 Å². The first-order chi connectivity index (χ1) is 13.5. The Hall–Kier alpha value is -2.67. The van der Waals surface area contributed by atoms with Crippen molar-refractivity contribution in [3.05, 3.63) is 40.5 Å². The van der Waals surface area contributed by atoms with Gasteiger partial charge in [-0.1, -0.05) is 25.5 Å². The van der Waals surface area contributed by atoms with E-state index in [1.165, 1.54) is 0 Å². The zero-order valence-electron chi connectivity index (χ0n) is 16.6. The molecule has 3 rings (SSSR count). The second-order valence-electron chi connectivity index (χ2n) is 6.98. The number of thiazole rings is 1. The monoisotopic (exact) mass is 398 g/mol. The molecule has 148 valence electrons. The number of nitrogens with zero attached hydrogens (tertiary/aromatic N) is 3. The van der Waals surface area contributed by atoms with Gasteiger partial charge >= 0.3 is 0 Å². The molecule has 6 nitrogen and oxygen atoms in total. The van der Waals surface area contributed by atoms with E-state index in [9.17, 15) is 4.79 Å². The van der Waals surface area contributed by atoms with Gasteiger partial charge in [0.1, 0.15) is 5.75 Å². The van der Waals surface area contributed by atoms with Gasteiger partial charge in [-0.25, -0.2) is 4.68 Å². The molecule has 0 saturated heterocycles. The summed E-state index contributed by atoms with van der Waals surface area (Å²) in [6.45, 7) is 10.7. The predicted molar refractivity (Wildman–Crippen MR) is 115 cm³/mol. The number of fused-ring (bicyclic) bond motifs is 1. The minimum atomic E-state index is -0.145. The van der Waals surface area contributed by atoms with Gasteiger partial charge in [0, 0.05) is 16.7 Å². The van der Waals surface area contributed by atoms with Gasteiger partial charge in [-0.2, -0.15) is 5.10 Å². The average molecular weight is 399 g/mol. The highest BCUT2D eigenvalue weighted by Gasteiger charge is 2.18. The summed E-state index contributed by atoms with van der Waals surface area (Å²) < 4.78 is 7.36. The van der Waals surface area contributed by atoms with Crippen LogP contribution in [-0.2, 0) is 4.79 Å². The molecule has 1 aliphatic rings. The fourth-order valence-corrected chi connectivity index (χ4v) is 3.63. The van der Waals surface area contributed by atoms with E-state index in [-0.39, 0.29) is 12.5 Å². The van der Waals surface area contributed by atoms with Crippen molar-refractivity contribution in [2.75, 3.05) is 18.5 Å². The summed E-state index contributed by atoms with van der Waals surface area (Å²) in [5.74, 6) is 0.536. The van der Waals surface area contributed by atoms with Gasteiger partial charge in [0.2, 0.25) is 4.80 Å². The largest absolute Gasteiger partial charge is 0.482 e. The van der Waals surface area contributed by atoms with Crippen LogP contribution in [0.5, 0.6) is 5.75 Å². The van der Waals surface area contributed by atoms with Crippen molar-refractivity contribution < 1.29 is 9.53 Å². The Morgan fingerprint density at radius 3 is 2.96 bits per heavy atom. The fraction of sp³-hybridized carbons (Fsp3) is 0.381. The normalized spacial score (nSPS) is 14.5. The quantitative estimate of drug-likeness (QED) is 0.553. The topological polar surface area (TPSA) is 68.0 Å². The summed E-state index contributed by atoms with van der Waals surface area (Å²) in [7, 11) is 0. The third kappa shape index (κ3) is 4.78. The minimum absolute atomic E-state index is 0.0512. The number of amides is 1. The van der Waals surface area contributed by atoms with Crippen LogP contribution in [0.2, 0.25) is 0 Å². The van der Waals surface area contributed by atoms with Crippen molar-refractivity contribution in [1.82, 2.24) is 4.68 Å². The van der Waals surface area contributed by atoms with Crippen LogP contribution in [-0.4, -0.2) is 29.4 Å². The Kier molecular flexibility index (Phi) is 6.46. The number of nitrogens with one attached hydrogen (secondary N) is 1. The van der Waals surface area contributed by atoms with E-state index in [0.29, 0.717) is 18.0 Å². The van der Waals surface area contributed by atoms with Gasteiger partial charge in [0.25, 0.3) is 5.91 Å². The lowest BCUT2D eigenvalue weighted by molar-refractivity contribution is -0.118. The molecule has 1 N–H and O–H groups in total. The predicted octanol–water partition coefficient (Wildman–Crippen LogP) is 4.44. The summed E-state index contributed by atoms with van der Waals surface area (Å²) in [5.41, 5.74) is 4.63. The molecule has 0 radical (unpaired) electrons. The number of anilines is 1. The van der Waals surface area contributed by atoms with E-state index in [2.05, 4.69) is 23.8 Å². The Morgan fingerprint density at radius 2 is 2.21 bits per heavy atom. The molecule has 0 saturated carbocycles. The lowest BCUT2D eigenvalue weighted by Crippen LogP contribution is -2.25. The third-order valence-corrected chi connectivity index (χ3v) is 5.09. The molecule has 2 aromatic rings. The Bertz CT molecular complexity index is 985. The summed E-state index contributed by atoms with van der Waals surface area (Å²) in [5, 5.41) is 9.75. The molecule has 7 heteroatoms. The number of ether oxygens (including phenoxy) is 1. The highest BCUT2D eigenvalue weighted by Crippen LogP contribution is 2.32. The molecule has 0 aliphatic carbocycles. The van der Waals surface area contributed by atoms with Gasteiger partial charge in [0.05, 0.1) is 17.9 Å². The molecular formula is C21H26N4O2S. The highest BCUT2D eigenvalue weighted by atomic mass is 32.1. The van der Waals surface area contributed by atoms with Crippen molar-refractivity contribution in [1.29, 1.82) is 0 Å². The molecule has 28 heavy (non-hydrogen) atoms. The van der Waals surface area contributed by atoms with Crippen LogP contribution in [0, 0.1) is 0 Å². The van der Waals surface area contributed by atoms with Crippen molar-refractivity contribution in [2.45, 2.75) is 40.0 Å². The van der Waals surface area contributed by atoms with E-state index in [4.69, 9.17) is 9.84 Å². The van der Waals surface area contributed by atoms with Crippen molar-refractivity contribution in [3.63, 3.8) is 0 Å². The van der Waals surface area contributed by atoms with Gasteiger partial charge in [0.15, 0.2) is 6.61 Å². The van der Waals surface area contributed by atoms with Crippen LogP contribution in [0.3, 0.4) is 0 Å². The molecular weight excluding hydrogens is 372 g/mol. The Morgan fingerprint density at radius 1 is 1.39 bits per heavy atom. The molecule has 0 unspecified atom stereocenters. The average Bonchev–Trinajstić information content (AvgIpc) is 3.06. The molecule has 0 spiro atoms. The van der Waals surface area contributed by atoms with E-state index >= 15 is 0 Å². The number of benzene rings is 1. The van der Waals surface area contributed by atoms with Gasteiger partial charge in [-0.15, -0.1) is 11.3 Å². The molecule has 0 fully saturated rings. The summed E-state index contributed by atoms with van der Waals surface area (Å²) in [6, 6.07) is 5.78. The molecule has 2 heterocycles. The number of carbonyl (C=O) groups is 1. The number of carbonyl (C=O) groups excluding carboxylic acids is 1. The van der Waals surface area contributed by atoms with Crippen molar-refractivity contribution in [3.8, 4) is 17.0 Å². The lowest BCUT2D eigenvalue weighted by Gasteiger charge is -2.18. The maximum Gasteiger partial charge on any atom is 0.262 e. The number of unbranched alkanes of at least 4 members (excludes halogenated alkanes) is 1. The first-order valence-corrected chi connectivity index (χ1v) is 10.3. The number of hydrogen-bond acceptors (Lipinski definition) is 5. The van der Waals surface area contributed by atoms with Crippen LogP contribution >= 0.6 is 11.3 Å². The third-order valence-electron chi connectivity index (χ3n) is 4.24. The van der Waals surface area contributed by atoms with Crippen LogP contribution in [0.1, 0.15) is 40.0 Å². The highest BCUT2D eigenvalue weighted by molar-refractivity contribution is 7.07. The molecule has 0 atom stereocenters. The minimum Gasteiger partial charge on any atom is -0.482 e. The zero-order valence-corrected chi connectivity index (χ0v) is 17.4.